The molecule has 0 aliphatic carbocycles. The first-order valence-corrected chi connectivity index (χ1v) is 3.39. The molecule has 0 aliphatic rings. The van der Waals surface area contributed by atoms with Crippen LogP contribution in [0.1, 0.15) is 19.9 Å². The SMILES string of the molecule is [2H]OC([2H])(C)c1cccc(OC)c1. The number of rotatable bonds is 3. The number of ether oxygens (including phenoxy) is 1. The van der Waals surface area contributed by atoms with Gasteiger partial charge in [-0.05, 0) is 24.6 Å². The summed E-state index contributed by atoms with van der Waals surface area (Å²) >= 11 is 0. The topological polar surface area (TPSA) is 29.5 Å². The summed E-state index contributed by atoms with van der Waals surface area (Å²) in [6.07, 6.45) is -1.34. The molecule has 0 bridgehead atoms. The highest BCUT2D eigenvalue weighted by molar-refractivity contribution is 5.29. The van der Waals surface area contributed by atoms with Crippen molar-refractivity contribution in [1.29, 1.82) is 1.43 Å². The van der Waals surface area contributed by atoms with Gasteiger partial charge in [0.05, 0.1) is 14.6 Å². The number of methoxy groups -OCH3 is 1. The van der Waals surface area contributed by atoms with Crippen molar-refractivity contribution in [3.8, 4) is 5.75 Å². The molecule has 0 aromatic heterocycles. The van der Waals surface area contributed by atoms with Gasteiger partial charge in [0.25, 0.3) is 0 Å². The van der Waals surface area contributed by atoms with E-state index >= 15 is 0 Å². The van der Waals surface area contributed by atoms with Crippen molar-refractivity contribution >= 4 is 0 Å². The minimum atomic E-state index is -1.34. The first-order valence-electron chi connectivity index (χ1n) is 4.30. The van der Waals surface area contributed by atoms with E-state index in [4.69, 9.17) is 7.54 Å². The van der Waals surface area contributed by atoms with Crippen LogP contribution in [0.15, 0.2) is 24.3 Å². The zero-order valence-corrected chi connectivity index (χ0v) is 6.63. The molecule has 11 heavy (non-hydrogen) atoms. The molecule has 1 atom stereocenters. The fourth-order valence-corrected chi connectivity index (χ4v) is 0.842. The van der Waals surface area contributed by atoms with Gasteiger partial charge in [-0.3, -0.25) is 0 Å². The molecule has 0 amide bonds. The molecule has 1 unspecified atom stereocenters. The lowest BCUT2D eigenvalue weighted by molar-refractivity contribution is 0.199. The largest absolute Gasteiger partial charge is 0.497 e. The van der Waals surface area contributed by atoms with Gasteiger partial charge in [0, 0.05) is 0 Å². The third-order valence-electron chi connectivity index (χ3n) is 1.48. The summed E-state index contributed by atoms with van der Waals surface area (Å²) in [6.45, 7) is 1.51. The molecule has 0 saturated heterocycles. The number of benzene rings is 1. The minimum absolute atomic E-state index is 0.599. The Morgan fingerprint density at radius 2 is 2.55 bits per heavy atom. The van der Waals surface area contributed by atoms with E-state index in [1.54, 1.807) is 31.4 Å². The summed E-state index contributed by atoms with van der Waals surface area (Å²) in [6, 6.07) is 6.95. The predicted molar refractivity (Wildman–Crippen MR) is 43.6 cm³/mol. The maximum absolute atomic E-state index is 7.62. The average Bonchev–Trinajstić information content (AvgIpc) is 2.18. The fraction of sp³-hybridized carbons (Fsp3) is 0.333. The highest BCUT2D eigenvalue weighted by atomic mass is 16.5. The molecule has 0 aliphatic heterocycles. The first kappa shape index (κ1) is 5.61. The second-order valence-electron chi connectivity index (χ2n) is 2.29. The summed E-state index contributed by atoms with van der Waals surface area (Å²) in [5.41, 5.74) is 0.599. The molecular weight excluding hydrogens is 140 g/mol. The summed E-state index contributed by atoms with van der Waals surface area (Å²) in [7, 11) is 1.56. The summed E-state index contributed by atoms with van der Waals surface area (Å²) in [4.78, 5) is 0. The third-order valence-corrected chi connectivity index (χ3v) is 1.48. The van der Waals surface area contributed by atoms with Crippen LogP contribution in [0.4, 0.5) is 0 Å². The Kier molecular flexibility index (Phi) is 1.73. The molecular formula is C9H12O2. The van der Waals surface area contributed by atoms with Gasteiger partial charge >= 0.3 is 0 Å². The molecule has 1 rings (SSSR count). The van der Waals surface area contributed by atoms with Gasteiger partial charge in [0.1, 0.15) is 5.75 Å². The van der Waals surface area contributed by atoms with Gasteiger partial charge in [-0.25, -0.2) is 0 Å². The normalized spacial score (nSPS) is 18.0. The van der Waals surface area contributed by atoms with Gasteiger partial charge in [-0.1, -0.05) is 12.1 Å². The van der Waals surface area contributed by atoms with Gasteiger partial charge in [-0.15, -0.1) is 0 Å². The number of hydrogen-bond donors (Lipinski definition) is 1. The molecule has 0 fully saturated rings. The molecule has 1 aromatic carbocycles. The Morgan fingerprint density at radius 3 is 3.18 bits per heavy atom. The van der Waals surface area contributed by atoms with E-state index in [-0.39, 0.29) is 0 Å². The van der Waals surface area contributed by atoms with E-state index < -0.39 is 6.08 Å². The van der Waals surface area contributed by atoms with Crippen LogP contribution in [-0.2, 0) is 0 Å². The Balaban J connectivity index is 3.01. The highest BCUT2D eigenvalue weighted by Gasteiger charge is 2.00. The first-order chi connectivity index (χ1) is 6.10. The molecule has 60 valence electrons. The Hall–Kier alpha value is -1.02. The lowest BCUT2D eigenvalue weighted by atomic mass is 10.1. The number of aliphatic hydroxyl groups is 1. The van der Waals surface area contributed by atoms with Gasteiger partial charge in [0.2, 0.25) is 1.43 Å². The van der Waals surface area contributed by atoms with E-state index in [0.717, 1.165) is 0 Å². The molecule has 0 spiro atoms. The molecule has 0 radical (unpaired) electrons. The van der Waals surface area contributed by atoms with Crippen molar-refractivity contribution in [1.82, 2.24) is 0 Å². The van der Waals surface area contributed by atoms with Crippen molar-refractivity contribution in [2.45, 2.75) is 13.0 Å². The van der Waals surface area contributed by atoms with Crippen molar-refractivity contribution in [3.63, 3.8) is 0 Å². The Labute approximate surface area is 69.3 Å². The highest BCUT2D eigenvalue weighted by Crippen LogP contribution is 2.17. The molecule has 2 heteroatoms. The molecule has 0 heterocycles. The third kappa shape index (κ3) is 1.95. The Bertz CT molecular complexity index is 287. The van der Waals surface area contributed by atoms with E-state index in [9.17, 15) is 0 Å². The van der Waals surface area contributed by atoms with Crippen LogP contribution in [-0.4, -0.2) is 13.6 Å². The van der Waals surface area contributed by atoms with Crippen molar-refractivity contribution in [2.24, 2.45) is 0 Å². The lowest BCUT2D eigenvalue weighted by Crippen LogP contribution is -1.91. The minimum Gasteiger partial charge on any atom is -0.497 e. The van der Waals surface area contributed by atoms with E-state index in [1.165, 1.54) is 6.92 Å². The quantitative estimate of drug-likeness (QED) is 0.718. The van der Waals surface area contributed by atoms with Crippen LogP contribution in [0.5, 0.6) is 5.75 Å². The molecule has 0 saturated carbocycles. The van der Waals surface area contributed by atoms with Crippen molar-refractivity contribution in [2.75, 3.05) is 7.11 Å². The Morgan fingerprint density at radius 1 is 1.73 bits per heavy atom. The summed E-state index contributed by atoms with van der Waals surface area (Å²) in [5, 5.41) is 4.28. The van der Waals surface area contributed by atoms with Crippen LogP contribution < -0.4 is 4.74 Å². The fourth-order valence-electron chi connectivity index (χ4n) is 0.842. The zero-order valence-electron chi connectivity index (χ0n) is 8.63. The monoisotopic (exact) mass is 154 g/mol. The van der Waals surface area contributed by atoms with Crippen molar-refractivity contribution in [3.05, 3.63) is 29.8 Å². The average molecular weight is 154 g/mol. The van der Waals surface area contributed by atoms with Gasteiger partial charge in [0.15, 0.2) is 0 Å². The van der Waals surface area contributed by atoms with Crippen LogP contribution in [0.2, 0.25) is 0 Å². The van der Waals surface area contributed by atoms with E-state index in [0.29, 0.717) is 11.3 Å². The number of hydrogen-bond acceptors (Lipinski definition) is 2. The molecule has 2 nitrogen and oxygen atoms in total. The smallest absolute Gasteiger partial charge is 0.211 e. The second-order valence-corrected chi connectivity index (χ2v) is 2.29. The van der Waals surface area contributed by atoms with Crippen molar-refractivity contribution < 1.29 is 11.2 Å². The van der Waals surface area contributed by atoms with Gasteiger partial charge in [-0.2, -0.15) is 0 Å². The standard InChI is InChI=1S/C9H12O2/c1-7(10)8-4-3-5-9(6-8)11-2/h3-7,10H,1-2H3/i7D,10D. The predicted octanol–water partition coefficient (Wildman–Crippen LogP) is 1.75. The molecule has 1 aromatic rings. The van der Waals surface area contributed by atoms with Gasteiger partial charge < -0.3 is 9.85 Å². The van der Waals surface area contributed by atoms with Crippen LogP contribution in [0, 0.1) is 0 Å². The van der Waals surface area contributed by atoms with Crippen LogP contribution in [0.25, 0.3) is 0 Å². The lowest BCUT2D eigenvalue weighted by Gasteiger charge is -2.05. The van der Waals surface area contributed by atoms with E-state index in [1.807, 2.05) is 0 Å². The molecule has 1 N–H and O–H groups in total. The second kappa shape index (κ2) is 3.39. The zero-order chi connectivity index (χ0) is 9.90. The maximum Gasteiger partial charge on any atom is 0.211 e. The summed E-state index contributed by atoms with van der Waals surface area (Å²) in [5.74, 6) is 0.660. The van der Waals surface area contributed by atoms with Crippen LogP contribution in [0.3, 0.4) is 0 Å². The maximum atomic E-state index is 7.62. The van der Waals surface area contributed by atoms with Crippen LogP contribution >= 0.6 is 0 Å². The summed E-state index contributed by atoms with van der Waals surface area (Å²) < 4.78 is 19.4. The van der Waals surface area contributed by atoms with E-state index in [2.05, 4.69) is 5.11 Å².